The average Bonchev–Trinajstić information content (AvgIpc) is 2.54. The molecule has 0 spiro atoms. The molecule has 2 aromatic rings. The van der Waals surface area contributed by atoms with E-state index in [1.54, 1.807) is 30.3 Å². The number of nitriles is 1. The van der Waals surface area contributed by atoms with Crippen molar-refractivity contribution in [1.82, 2.24) is 0 Å². The van der Waals surface area contributed by atoms with Crippen molar-refractivity contribution in [3.63, 3.8) is 0 Å². The fraction of sp³-hybridized carbons (Fsp3) is 0. The van der Waals surface area contributed by atoms with Gasteiger partial charge in [-0.3, -0.25) is 14.9 Å². The maximum atomic E-state index is 12.1. The molecule has 0 atom stereocenters. The molecule has 114 valence electrons. The van der Waals surface area contributed by atoms with Crippen LogP contribution in [0.5, 0.6) is 0 Å². The zero-order chi connectivity index (χ0) is 16.8. The fourth-order valence-electron chi connectivity index (χ4n) is 1.79. The zero-order valence-corrected chi connectivity index (χ0v) is 12.4. The zero-order valence-electron chi connectivity index (χ0n) is 11.7. The van der Waals surface area contributed by atoms with Crippen LogP contribution >= 0.6 is 11.6 Å². The molecule has 0 saturated heterocycles. The molecule has 0 fully saturated rings. The number of nitro groups is 1. The Bertz CT molecular complexity index is 840. The Labute approximate surface area is 136 Å². The number of nitrogens with one attached hydrogen (secondary N) is 1. The van der Waals surface area contributed by atoms with Gasteiger partial charge in [-0.05, 0) is 23.8 Å². The molecule has 7 heteroatoms. The number of non-ortho nitro benzene ring substituents is 1. The van der Waals surface area contributed by atoms with Crippen LogP contribution in [0.25, 0.3) is 6.08 Å². The number of carbonyl (C=O) groups is 1. The second kappa shape index (κ2) is 7.20. The van der Waals surface area contributed by atoms with Crippen molar-refractivity contribution in [2.75, 3.05) is 5.32 Å². The Morgan fingerprint density at radius 1 is 1.26 bits per heavy atom. The van der Waals surface area contributed by atoms with Crippen LogP contribution in [0.3, 0.4) is 0 Å². The van der Waals surface area contributed by atoms with Crippen molar-refractivity contribution in [3.8, 4) is 6.07 Å². The number of nitrogens with zero attached hydrogens (tertiary/aromatic N) is 2. The minimum atomic E-state index is -0.673. The quantitative estimate of drug-likeness (QED) is 0.400. The van der Waals surface area contributed by atoms with Gasteiger partial charge in [-0.25, -0.2) is 0 Å². The van der Waals surface area contributed by atoms with Gasteiger partial charge in [-0.1, -0.05) is 35.9 Å². The van der Waals surface area contributed by atoms with Crippen LogP contribution in [0.2, 0.25) is 5.02 Å². The molecular weight excluding hydrogens is 318 g/mol. The highest BCUT2D eigenvalue weighted by Gasteiger charge is 2.12. The van der Waals surface area contributed by atoms with Crippen LogP contribution in [-0.2, 0) is 4.79 Å². The van der Waals surface area contributed by atoms with Gasteiger partial charge >= 0.3 is 0 Å². The third-order valence-electron chi connectivity index (χ3n) is 2.88. The minimum absolute atomic E-state index is 0.156. The molecule has 0 aliphatic heterocycles. The highest BCUT2D eigenvalue weighted by molar-refractivity contribution is 6.32. The lowest BCUT2D eigenvalue weighted by molar-refractivity contribution is -0.384. The number of halogens is 1. The molecule has 1 amide bonds. The normalized spacial score (nSPS) is 10.7. The van der Waals surface area contributed by atoms with E-state index >= 15 is 0 Å². The van der Waals surface area contributed by atoms with Crippen molar-refractivity contribution in [2.45, 2.75) is 0 Å². The molecule has 0 unspecified atom stereocenters. The molecule has 0 heterocycles. The first-order chi connectivity index (χ1) is 11.0. The summed E-state index contributed by atoms with van der Waals surface area (Å²) in [6.45, 7) is 0. The van der Waals surface area contributed by atoms with E-state index in [4.69, 9.17) is 16.9 Å². The molecule has 2 rings (SSSR count). The summed E-state index contributed by atoms with van der Waals surface area (Å²) >= 11 is 5.99. The standard InChI is InChI=1S/C16H10ClN3O3/c17-15-7-2-1-4-11(15)8-12(10-18)16(21)19-13-5-3-6-14(9-13)20(22)23/h1-9H,(H,19,21)/b12-8+. The van der Waals surface area contributed by atoms with Crippen LogP contribution in [0.4, 0.5) is 11.4 Å². The van der Waals surface area contributed by atoms with Gasteiger partial charge in [0.25, 0.3) is 11.6 Å². The first-order valence-electron chi connectivity index (χ1n) is 6.43. The summed E-state index contributed by atoms with van der Waals surface area (Å²) in [6, 6.07) is 14.0. The van der Waals surface area contributed by atoms with E-state index in [1.165, 1.54) is 30.3 Å². The monoisotopic (exact) mass is 327 g/mol. The Morgan fingerprint density at radius 2 is 2.00 bits per heavy atom. The largest absolute Gasteiger partial charge is 0.321 e. The minimum Gasteiger partial charge on any atom is -0.321 e. The van der Waals surface area contributed by atoms with Crippen LogP contribution in [0, 0.1) is 21.4 Å². The van der Waals surface area contributed by atoms with Gasteiger partial charge in [0, 0.05) is 22.8 Å². The van der Waals surface area contributed by atoms with E-state index in [1.807, 2.05) is 0 Å². The predicted molar refractivity (Wildman–Crippen MR) is 86.8 cm³/mol. The summed E-state index contributed by atoms with van der Waals surface area (Å²) in [5.41, 5.74) is 0.436. The molecule has 0 saturated carbocycles. The second-order valence-electron chi connectivity index (χ2n) is 4.45. The van der Waals surface area contributed by atoms with Crippen LogP contribution < -0.4 is 5.32 Å². The summed E-state index contributed by atoms with van der Waals surface area (Å²) in [7, 11) is 0. The Balaban J connectivity index is 2.25. The third kappa shape index (κ3) is 4.15. The van der Waals surface area contributed by atoms with E-state index in [9.17, 15) is 14.9 Å². The van der Waals surface area contributed by atoms with Gasteiger partial charge < -0.3 is 5.32 Å². The molecule has 0 aromatic heterocycles. The second-order valence-corrected chi connectivity index (χ2v) is 4.86. The number of carbonyl (C=O) groups excluding carboxylic acids is 1. The topological polar surface area (TPSA) is 96.0 Å². The van der Waals surface area contributed by atoms with Crippen molar-refractivity contribution in [3.05, 3.63) is 74.8 Å². The van der Waals surface area contributed by atoms with E-state index in [-0.39, 0.29) is 16.9 Å². The number of rotatable bonds is 4. The average molecular weight is 328 g/mol. The van der Waals surface area contributed by atoms with Crippen molar-refractivity contribution in [1.29, 1.82) is 5.26 Å². The number of hydrogen-bond acceptors (Lipinski definition) is 4. The predicted octanol–water partition coefficient (Wildman–Crippen LogP) is 3.79. The summed E-state index contributed by atoms with van der Waals surface area (Å²) in [4.78, 5) is 22.3. The molecule has 0 aliphatic carbocycles. The lowest BCUT2D eigenvalue weighted by Crippen LogP contribution is -2.13. The fourth-order valence-corrected chi connectivity index (χ4v) is 1.98. The highest BCUT2D eigenvalue weighted by Crippen LogP contribution is 2.20. The van der Waals surface area contributed by atoms with E-state index in [0.29, 0.717) is 10.6 Å². The van der Waals surface area contributed by atoms with Gasteiger partial charge in [0.15, 0.2) is 0 Å². The van der Waals surface area contributed by atoms with E-state index < -0.39 is 10.8 Å². The molecule has 2 aromatic carbocycles. The Morgan fingerprint density at radius 3 is 2.65 bits per heavy atom. The highest BCUT2D eigenvalue weighted by atomic mass is 35.5. The van der Waals surface area contributed by atoms with E-state index in [0.717, 1.165) is 0 Å². The molecule has 1 N–H and O–H groups in total. The van der Waals surface area contributed by atoms with Crippen LogP contribution in [0.15, 0.2) is 54.1 Å². The lowest BCUT2D eigenvalue weighted by atomic mass is 10.1. The van der Waals surface area contributed by atoms with Crippen molar-refractivity contribution >= 4 is 35.0 Å². The number of nitro benzene ring substituents is 1. The van der Waals surface area contributed by atoms with Crippen LogP contribution in [-0.4, -0.2) is 10.8 Å². The Hall–Kier alpha value is -3.17. The smallest absolute Gasteiger partial charge is 0.271 e. The van der Waals surface area contributed by atoms with E-state index in [2.05, 4.69) is 5.32 Å². The third-order valence-corrected chi connectivity index (χ3v) is 3.23. The van der Waals surface area contributed by atoms with Gasteiger partial charge in [0.1, 0.15) is 11.6 Å². The molecular formula is C16H10ClN3O3. The number of benzene rings is 2. The lowest BCUT2D eigenvalue weighted by Gasteiger charge is -2.04. The molecule has 0 bridgehead atoms. The summed E-state index contributed by atoms with van der Waals surface area (Å²) in [6.07, 6.45) is 1.36. The number of anilines is 1. The first kappa shape index (κ1) is 16.2. The Kier molecular flexibility index (Phi) is 5.07. The number of hydrogen-bond donors (Lipinski definition) is 1. The first-order valence-corrected chi connectivity index (χ1v) is 6.81. The summed E-state index contributed by atoms with van der Waals surface area (Å²) in [5.74, 6) is -0.673. The molecule has 6 nitrogen and oxygen atoms in total. The molecule has 0 aliphatic rings. The van der Waals surface area contributed by atoms with Gasteiger partial charge in [-0.15, -0.1) is 0 Å². The van der Waals surface area contributed by atoms with Crippen molar-refractivity contribution < 1.29 is 9.72 Å². The maximum Gasteiger partial charge on any atom is 0.271 e. The van der Waals surface area contributed by atoms with Gasteiger partial charge in [0.05, 0.1) is 4.92 Å². The van der Waals surface area contributed by atoms with Gasteiger partial charge in [0.2, 0.25) is 0 Å². The van der Waals surface area contributed by atoms with Crippen molar-refractivity contribution in [2.24, 2.45) is 0 Å². The summed E-state index contributed by atoms with van der Waals surface area (Å²) in [5, 5.41) is 22.7. The maximum absolute atomic E-state index is 12.1. The SMILES string of the molecule is N#C/C(=C\c1ccccc1Cl)C(=O)Nc1cccc([N+](=O)[O-])c1. The molecule has 23 heavy (non-hydrogen) atoms. The van der Waals surface area contributed by atoms with Crippen LogP contribution in [0.1, 0.15) is 5.56 Å². The van der Waals surface area contributed by atoms with Gasteiger partial charge in [-0.2, -0.15) is 5.26 Å². The molecule has 0 radical (unpaired) electrons. The number of amides is 1. The summed E-state index contributed by atoms with van der Waals surface area (Å²) < 4.78 is 0.